The first-order chi connectivity index (χ1) is 9.75. The van der Waals surface area contributed by atoms with Gasteiger partial charge in [0.1, 0.15) is 5.60 Å². The third-order valence-corrected chi connectivity index (χ3v) is 2.73. The van der Waals surface area contributed by atoms with Gasteiger partial charge >= 0.3 is 6.09 Å². The van der Waals surface area contributed by atoms with Crippen LogP contribution in [0.1, 0.15) is 38.8 Å². The van der Waals surface area contributed by atoms with E-state index in [1.165, 1.54) is 7.11 Å². The molecule has 0 fully saturated rings. The zero-order valence-corrected chi connectivity index (χ0v) is 13.3. The molecule has 1 aromatic rings. The van der Waals surface area contributed by atoms with Crippen molar-refractivity contribution in [2.75, 3.05) is 7.11 Å². The van der Waals surface area contributed by atoms with Crippen LogP contribution >= 0.6 is 0 Å². The van der Waals surface area contributed by atoms with Crippen molar-refractivity contribution in [1.29, 1.82) is 0 Å². The van der Waals surface area contributed by atoms with Gasteiger partial charge in [0, 0.05) is 18.3 Å². The molecule has 0 aromatic carbocycles. The highest BCUT2D eigenvalue weighted by molar-refractivity contribution is 5.68. The molecule has 118 valence electrons. The van der Waals surface area contributed by atoms with Crippen LogP contribution in [0, 0.1) is 0 Å². The zero-order chi connectivity index (χ0) is 16.0. The Balaban J connectivity index is 2.69. The van der Waals surface area contributed by atoms with E-state index < -0.39 is 11.7 Å². The van der Waals surface area contributed by atoms with Crippen molar-refractivity contribution in [2.45, 2.75) is 52.4 Å². The van der Waals surface area contributed by atoms with Crippen molar-refractivity contribution in [2.24, 2.45) is 0 Å². The van der Waals surface area contributed by atoms with Crippen LogP contribution in [0.5, 0.6) is 5.88 Å². The first-order valence-electron chi connectivity index (χ1n) is 6.87. The molecule has 2 N–H and O–H groups in total. The number of aliphatic hydroxyl groups is 1. The lowest BCUT2D eigenvalue weighted by Crippen LogP contribution is -2.38. The van der Waals surface area contributed by atoms with Gasteiger partial charge in [0.15, 0.2) is 0 Å². The van der Waals surface area contributed by atoms with E-state index in [4.69, 9.17) is 9.47 Å². The van der Waals surface area contributed by atoms with Gasteiger partial charge in [0.2, 0.25) is 5.88 Å². The van der Waals surface area contributed by atoms with Crippen LogP contribution in [0.4, 0.5) is 4.79 Å². The summed E-state index contributed by atoms with van der Waals surface area (Å²) in [6.07, 6.45) is 1.67. The van der Waals surface area contributed by atoms with E-state index in [9.17, 15) is 9.90 Å². The summed E-state index contributed by atoms with van der Waals surface area (Å²) >= 11 is 0. The third-order valence-electron chi connectivity index (χ3n) is 2.73. The number of alkyl carbamates (subject to hydrolysis) is 1. The topological polar surface area (TPSA) is 80.7 Å². The minimum atomic E-state index is -0.528. The molecule has 0 radical (unpaired) electrons. The zero-order valence-electron chi connectivity index (χ0n) is 13.3. The highest BCUT2D eigenvalue weighted by Crippen LogP contribution is 2.16. The summed E-state index contributed by atoms with van der Waals surface area (Å²) in [7, 11) is 1.53. The summed E-state index contributed by atoms with van der Waals surface area (Å²) in [5, 5.41) is 12.1. The van der Waals surface area contributed by atoms with E-state index in [2.05, 4.69) is 10.3 Å². The number of carbonyl (C=O) groups is 1. The Morgan fingerprint density at radius 2 is 2.10 bits per heavy atom. The standard InChI is InChI=1S/C15H24N2O4/c1-10(17-14(19)21-15(2,3)4)6-11-7-13(20-5)16-8-12(11)9-18/h7-8,10,18H,6,9H2,1-5H3,(H,17,19). The number of rotatable bonds is 5. The van der Waals surface area contributed by atoms with Gasteiger partial charge < -0.3 is 19.9 Å². The Labute approximate surface area is 125 Å². The quantitative estimate of drug-likeness (QED) is 0.869. The smallest absolute Gasteiger partial charge is 0.407 e. The molecular formula is C15H24N2O4. The van der Waals surface area contributed by atoms with Gasteiger partial charge in [-0.1, -0.05) is 0 Å². The van der Waals surface area contributed by atoms with Crippen LogP contribution in [-0.4, -0.2) is 34.9 Å². The van der Waals surface area contributed by atoms with Crippen LogP contribution in [0.2, 0.25) is 0 Å². The Kier molecular flexibility index (Phi) is 5.96. The van der Waals surface area contributed by atoms with Crippen molar-refractivity contribution in [1.82, 2.24) is 10.3 Å². The van der Waals surface area contributed by atoms with Gasteiger partial charge in [-0.15, -0.1) is 0 Å². The molecular weight excluding hydrogens is 272 g/mol. The molecule has 0 aliphatic carbocycles. The summed E-state index contributed by atoms with van der Waals surface area (Å²) in [6.45, 7) is 7.21. The average Bonchev–Trinajstić information content (AvgIpc) is 2.35. The molecule has 1 unspecified atom stereocenters. The number of amides is 1. The molecule has 1 heterocycles. The Bertz CT molecular complexity index is 483. The molecule has 1 amide bonds. The first-order valence-corrected chi connectivity index (χ1v) is 6.87. The molecule has 0 saturated carbocycles. The number of hydrogen-bond donors (Lipinski definition) is 2. The van der Waals surface area contributed by atoms with E-state index in [1.807, 2.05) is 27.7 Å². The molecule has 0 saturated heterocycles. The van der Waals surface area contributed by atoms with Crippen molar-refractivity contribution in [3.8, 4) is 5.88 Å². The van der Waals surface area contributed by atoms with Gasteiger partial charge in [0.05, 0.1) is 13.7 Å². The van der Waals surface area contributed by atoms with E-state index in [0.717, 1.165) is 5.56 Å². The predicted octanol–water partition coefficient (Wildman–Crippen LogP) is 2.04. The number of ether oxygens (including phenoxy) is 2. The molecule has 6 heteroatoms. The maximum atomic E-state index is 11.7. The van der Waals surface area contributed by atoms with Crippen LogP contribution < -0.4 is 10.1 Å². The fourth-order valence-corrected chi connectivity index (χ4v) is 1.84. The second-order valence-corrected chi connectivity index (χ2v) is 5.90. The fraction of sp³-hybridized carbons (Fsp3) is 0.600. The van der Waals surface area contributed by atoms with E-state index in [-0.39, 0.29) is 12.6 Å². The van der Waals surface area contributed by atoms with Gasteiger partial charge in [-0.2, -0.15) is 0 Å². The molecule has 6 nitrogen and oxygen atoms in total. The highest BCUT2D eigenvalue weighted by Gasteiger charge is 2.18. The van der Waals surface area contributed by atoms with Crippen LogP contribution in [-0.2, 0) is 17.8 Å². The molecule has 1 aromatic heterocycles. The number of carbonyl (C=O) groups excluding carboxylic acids is 1. The van der Waals surface area contributed by atoms with E-state index in [1.54, 1.807) is 12.3 Å². The van der Waals surface area contributed by atoms with Crippen LogP contribution in [0.3, 0.4) is 0 Å². The third kappa shape index (κ3) is 5.99. The van der Waals surface area contributed by atoms with Crippen LogP contribution in [0.25, 0.3) is 0 Å². The van der Waals surface area contributed by atoms with Crippen molar-refractivity contribution in [3.05, 3.63) is 23.4 Å². The fourth-order valence-electron chi connectivity index (χ4n) is 1.84. The molecule has 1 rings (SSSR count). The van der Waals surface area contributed by atoms with E-state index in [0.29, 0.717) is 17.9 Å². The maximum Gasteiger partial charge on any atom is 0.407 e. The average molecular weight is 296 g/mol. The minimum absolute atomic E-state index is 0.106. The second-order valence-electron chi connectivity index (χ2n) is 5.90. The number of pyridine rings is 1. The SMILES string of the molecule is COc1cc(CC(C)NC(=O)OC(C)(C)C)c(CO)cn1. The summed E-state index contributed by atoms with van der Waals surface area (Å²) in [5.41, 5.74) is 1.07. The molecule has 1 atom stereocenters. The Hall–Kier alpha value is -1.82. The second kappa shape index (κ2) is 7.26. The number of nitrogens with zero attached hydrogens (tertiary/aromatic N) is 1. The first kappa shape index (κ1) is 17.2. The van der Waals surface area contributed by atoms with Crippen molar-refractivity contribution < 1.29 is 19.4 Å². The molecule has 21 heavy (non-hydrogen) atoms. The maximum absolute atomic E-state index is 11.7. The summed E-state index contributed by atoms with van der Waals surface area (Å²) in [6, 6.07) is 1.62. The van der Waals surface area contributed by atoms with Gasteiger partial charge in [0.25, 0.3) is 0 Å². The number of aliphatic hydroxyl groups excluding tert-OH is 1. The molecule has 0 bridgehead atoms. The summed E-state index contributed by atoms with van der Waals surface area (Å²) in [4.78, 5) is 15.8. The van der Waals surface area contributed by atoms with Gasteiger partial charge in [-0.3, -0.25) is 0 Å². The molecule has 0 spiro atoms. The Morgan fingerprint density at radius 3 is 2.62 bits per heavy atom. The lowest BCUT2D eigenvalue weighted by molar-refractivity contribution is 0.0508. The number of nitrogens with one attached hydrogen (secondary N) is 1. The van der Waals surface area contributed by atoms with Gasteiger partial charge in [-0.05, 0) is 45.2 Å². The summed E-state index contributed by atoms with van der Waals surface area (Å²) in [5.74, 6) is 0.478. The lowest BCUT2D eigenvalue weighted by Gasteiger charge is -2.22. The Morgan fingerprint density at radius 1 is 1.43 bits per heavy atom. The lowest BCUT2D eigenvalue weighted by atomic mass is 10.0. The summed E-state index contributed by atoms with van der Waals surface area (Å²) < 4.78 is 10.3. The predicted molar refractivity (Wildman–Crippen MR) is 79.2 cm³/mol. The monoisotopic (exact) mass is 296 g/mol. The van der Waals surface area contributed by atoms with E-state index >= 15 is 0 Å². The highest BCUT2D eigenvalue weighted by atomic mass is 16.6. The van der Waals surface area contributed by atoms with Crippen molar-refractivity contribution >= 4 is 6.09 Å². The van der Waals surface area contributed by atoms with Crippen molar-refractivity contribution in [3.63, 3.8) is 0 Å². The van der Waals surface area contributed by atoms with Gasteiger partial charge in [-0.25, -0.2) is 9.78 Å². The molecule has 0 aliphatic heterocycles. The number of methoxy groups -OCH3 is 1. The largest absolute Gasteiger partial charge is 0.481 e. The van der Waals surface area contributed by atoms with Crippen LogP contribution in [0.15, 0.2) is 12.3 Å². The normalized spacial score (nSPS) is 12.7. The number of aromatic nitrogens is 1. The minimum Gasteiger partial charge on any atom is -0.481 e. The molecule has 0 aliphatic rings. The number of hydrogen-bond acceptors (Lipinski definition) is 5.